The first kappa shape index (κ1) is 25.0. The molecule has 0 unspecified atom stereocenters. The molecule has 0 spiro atoms. The van der Waals surface area contributed by atoms with E-state index < -0.39 is 16.0 Å². The minimum absolute atomic E-state index is 0.0171. The van der Waals surface area contributed by atoms with Crippen LogP contribution in [-0.2, 0) is 16.6 Å². The van der Waals surface area contributed by atoms with E-state index in [1.165, 1.54) is 16.4 Å². The molecule has 1 N–H and O–H groups in total. The van der Waals surface area contributed by atoms with Gasteiger partial charge in [-0.2, -0.15) is 8.42 Å². The van der Waals surface area contributed by atoms with Crippen molar-refractivity contribution < 1.29 is 23.1 Å². The van der Waals surface area contributed by atoms with Crippen LogP contribution in [0.2, 0.25) is 5.02 Å². The van der Waals surface area contributed by atoms with Crippen LogP contribution in [-0.4, -0.2) is 31.0 Å². The van der Waals surface area contributed by atoms with Crippen LogP contribution in [0.4, 0.5) is 5.69 Å². The summed E-state index contributed by atoms with van der Waals surface area (Å²) in [6.45, 7) is 7.75. The molecule has 1 heterocycles. The van der Waals surface area contributed by atoms with Gasteiger partial charge < -0.3 is 9.84 Å². The number of anilines is 1. The van der Waals surface area contributed by atoms with Crippen molar-refractivity contribution >= 4 is 44.6 Å². The Labute approximate surface area is 202 Å². The number of benzene rings is 2. The quantitative estimate of drug-likeness (QED) is 0.407. The van der Waals surface area contributed by atoms with Crippen LogP contribution in [0.25, 0.3) is 0 Å². The van der Waals surface area contributed by atoms with Gasteiger partial charge in [0, 0.05) is 28.7 Å². The summed E-state index contributed by atoms with van der Waals surface area (Å²) >= 11 is 7.42. The van der Waals surface area contributed by atoms with Gasteiger partial charge in [0.05, 0.1) is 11.3 Å². The number of hydrogen-bond acceptors (Lipinski definition) is 6. The molecule has 0 radical (unpaired) electrons. The van der Waals surface area contributed by atoms with Gasteiger partial charge in [-0.3, -0.25) is 4.31 Å². The zero-order chi connectivity index (χ0) is 24.3. The number of hydrogen-bond donors (Lipinski definition) is 1. The number of aromatic carboxylic acids is 1. The summed E-state index contributed by atoms with van der Waals surface area (Å²) in [7, 11) is -3.93. The predicted molar refractivity (Wildman–Crippen MR) is 130 cm³/mol. The van der Waals surface area contributed by atoms with E-state index in [4.69, 9.17) is 21.4 Å². The zero-order valence-electron chi connectivity index (χ0n) is 18.7. The number of ether oxygens (including phenoxy) is 1. The van der Waals surface area contributed by atoms with E-state index in [2.05, 4.69) is 4.98 Å². The molecule has 33 heavy (non-hydrogen) atoms. The van der Waals surface area contributed by atoms with Crippen molar-refractivity contribution in [3.05, 3.63) is 69.2 Å². The second-order valence-electron chi connectivity index (χ2n) is 8.04. The van der Waals surface area contributed by atoms with E-state index in [-0.39, 0.29) is 29.0 Å². The van der Waals surface area contributed by atoms with E-state index in [9.17, 15) is 13.2 Å². The van der Waals surface area contributed by atoms with Gasteiger partial charge in [-0.1, -0.05) is 37.6 Å². The molecule has 0 aliphatic heterocycles. The van der Waals surface area contributed by atoms with E-state index in [1.54, 1.807) is 43.5 Å². The average molecular weight is 509 g/mol. The number of carboxylic acids is 1. The Morgan fingerprint density at radius 2 is 1.88 bits per heavy atom. The third kappa shape index (κ3) is 5.85. The first-order valence-corrected chi connectivity index (χ1v) is 12.9. The van der Waals surface area contributed by atoms with Gasteiger partial charge in [0.1, 0.15) is 12.4 Å². The maximum atomic E-state index is 13.5. The van der Waals surface area contributed by atoms with Crippen molar-refractivity contribution in [3.8, 4) is 5.75 Å². The lowest BCUT2D eigenvalue weighted by Gasteiger charge is -2.27. The molecular formula is C23H25ClN2O5S2. The SMILES string of the molecule is Cc1csc(S(=O)(=O)N(CC(C)C)c2cc(C)c(Cl)cc2OCc2ccc(C(=O)O)cc2)n1. The van der Waals surface area contributed by atoms with Gasteiger partial charge in [-0.25, -0.2) is 9.78 Å². The van der Waals surface area contributed by atoms with Crippen molar-refractivity contribution in [3.63, 3.8) is 0 Å². The summed E-state index contributed by atoms with van der Waals surface area (Å²) in [5.74, 6) is -0.666. The van der Waals surface area contributed by atoms with Crippen molar-refractivity contribution in [2.45, 2.75) is 38.6 Å². The molecule has 7 nitrogen and oxygen atoms in total. The van der Waals surface area contributed by atoms with Gasteiger partial charge in [-0.15, -0.1) is 11.3 Å². The number of halogens is 1. The highest BCUT2D eigenvalue weighted by molar-refractivity contribution is 7.94. The van der Waals surface area contributed by atoms with Crippen molar-refractivity contribution in [2.24, 2.45) is 5.92 Å². The van der Waals surface area contributed by atoms with Crippen LogP contribution >= 0.6 is 22.9 Å². The minimum Gasteiger partial charge on any atom is -0.487 e. The molecule has 0 aliphatic carbocycles. The maximum Gasteiger partial charge on any atom is 0.335 e. The Kier molecular flexibility index (Phi) is 7.66. The Hall–Kier alpha value is -2.62. The monoisotopic (exact) mass is 508 g/mol. The Morgan fingerprint density at radius 3 is 2.42 bits per heavy atom. The van der Waals surface area contributed by atoms with E-state index in [0.717, 1.165) is 16.9 Å². The van der Waals surface area contributed by atoms with E-state index in [0.29, 0.717) is 27.7 Å². The number of nitrogens with zero attached hydrogens (tertiary/aromatic N) is 2. The largest absolute Gasteiger partial charge is 0.487 e. The van der Waals surface area contributed by atoms with Gasteiger partial charge in [0.25, 0.3) is 10.0 Å². The average Bonchev–Trinajstić information content (AvgIpc) is 3.20. The van der Waals surface area contributed by atoms with Crippen LogP contribution in [0.3, 0.4) is 0 Å². The molecule has 1 aromatic heterocycles. The molecule has 0 bridgehead atoms. The van der Waals surface area contributed by atoms with Crippen molar-refractivity contribution in [2.75, 3.05) is 10.8 Å². The van der Waals surface area contributed by atoms with Crippen molar-refractivity contribution in [1.82, 2.24) is 4.98 Å². The van der Waals surface area contributed by atoms with Crippen molar-refractivity contribution in [1.29, 1.82) is 0 Å². The van der Waals surface area contributed by atoms with Gasteiger partial charge in [0.15, 0.2) is 0 Å². The molecule has 3 rings (SSSR count). The highest BCUT2D eigenvalue weighted by atomic mass is 35.5. The zero-order valence-corrected chi connectivity index (χ0v) is 21.1. The first-order valence-electron chi connectivity index (χ1n) is 10.2. The lowest BCUT2D eigenvalue weighted by Crippen LogP contribution is -2.34. The van der Waals surface area contributed by atoms with Gasteiger partial charge >= 0.3 is 5.97 Å². The molecule has 2 aromatic carbocycles. The Bertz CT molecular complexity index is 1250. The smallest absolute Gasteiger partial charge is 0.335 e. The van der Waals surface area contributed by atoms with E-state index in [1.807, 2.05) is 13.8 Å². The maximum absolute atomic E-state index is 13.5. The third-order valence-electron chi connectivity index (χ3n) is 4.74. The Balaban J connectivity index is 2.01. The van der Waals surface area contributed by atoms with Crippen LogP contribution in [0.1, 0.15) is 41.0 Å². The number of rotatable bonds is 9. The third-order valence-corrected chi connectivity index (χ3v) is 8.28. The van der Waals surface area contributed by atoms with Crippen LogP contribution in [0.15, 0.2) is 46.1 Å². The summed E-state index contributed by atoms with van der Waals surface area (Å²) < 4.78 is 34.4. The molecule has 3 aromatic rings. The summed E-state index contributed by atoms with van der Waals surface area (Å²) in [4.78, 5) is 15.3. The van der Waals surface area contributed by atoms with Gasteiger partial charge in [-0.05, 0) is 49.1 Å². The number of aryl methyl sites for hydroxylation is 2. The lowest BCUT2D eigenvalue weighted by molar-refractivity contribution is 0.0697. The van der Waals surface area contributed by atoms with Crippen LogP contribution < -0.4 is 9.04 Å². The van der Waals surface area contributed by atoms with Crippen LogP contribution in [0.5, 0.6) is 5.75 Å². The topological polar surface area (TPSA) is 96.8 Å². The number of aromatic nitrogens is 1. The predicted octanol–water partition coefficient (Wildman–Crippen LogP) is 5.54. The Morgan fingerprint density at radius 1 is 1.21 bits per heavy atom. The highest BCUT2D eigenvalue weighted by Gasteiger charge is 2.31. The summed E-state index contributed by atoms with van der Waals surface area (Å²) in [5, 5.41) is 11.2. The fraction of sp³-hybridized carbons (Fsp3) is 0.304. The normalized spacial score (nSPS) is 11.6. The summed E-state index contributed by atoms with van der Waals surface area (Å²) in [5.41, 5.74) is 2.63. The van der Waals surface area contributed by atoms with E-state index >= 15 is 0 Å². The second kappa shape index (κ2) is 10.1. The minimum atomic E-state index is -3.93. The summed E-state index contributed by atoms with van der Waals surface area (Å²) in [6, 6.07) is 9.59. The number of carboxylic acid groups (broad SMARTS) is 1. The summed E-state index contributed by atoms with van der Waals surface area (Å²) in [6.07, 6.45) is 0. The van der Waals surface area contributed by atoms with Gasteiger partial charge in [0.2, 0.25) is 4.34 Å². The number of sulfonamides is 1. The molecule has 176 valence electrons. The molecular weight excluding hydrogens is 484 g/mol. The lowest BCUT2D eigenvalue weighted by atomic mass is 10.1. The molecule has 0 saturated carbocycles. The highest BCUT2D eigenvalue weighted by Crippen LogP contribution is 2.38. The molecule has 0 atom stereocenters. The molecule has 0 fully saturated rings. The number of carbonyl (C=O) groups is 1. The fourth-order valence-corrected chi connectivity index (χ4v) is 5.98. The van der Waals surface area contributed by atoms with Crippen LogP contribution in [0, 0.1) is 19.8 Å². The molecule has 0 aliphatic rings. The molecule has 0 saturated heterocycles. The second-order valence-corrected chi connectivity index (χ2v) is 11.3. The molecule has 10 heteroatoms. The number of thiazole rings is 1. The fourth-order valence-electron chi connectivity index (χ4n) is 3.07. The standard InChI is InChI=1S/C23H25ClN2O5S2/c1-14(2)11-26(33(29,30)23-25-16(4)13-32-23)20-9-15(3)19(24)10-21(20)31-12-17-5-7-18(8-6-17)22(27)28/h5-10,13-14H,11-12H2,1-4H3,(H,27,28). The first-order chi connectivity index (χ1) is 15.5. The molecule has 0 amide bonds.